The van der Waals surface area contributed by atoms with Crippen LogP contribution in [-0.4, -0.2) is 27.4 Å². The van der Waals surface area contributed by atoms with Crippen LogP contribution in [0.1, 0.15) is 16.9 Å². The van der Waals surface area contributed by atoms with E-state index in [0.717, 1.165) is 13.0 Å². The van der Waals surface area contributed by atoms with Gasteiger partial charge in [-0.2, -0.15) is 5.10 Å². The molecule has 1 N–H and O–H groups in total. The van der Waals surface area contributed by atoms with Gasteiger partial charge < -0.3 is 14.3 Å². The van der Waals surface area contributed by atoms with Gasteiger partial charge in [-0.15, -0.1) is 0 Å². The average Bonchev–Trinajstić information content (AvgIpc) is 3.25. The molecule has 3 aromatic rings. The van der Waals surface area contributed by atoms with Gasteiger partial charge in [0.05, 0.1) is 6.26 Å². The molecule has 3 rings (SSSR count). The summed E-state index contributed by atoms with van der Waals surface area (Å²) < 4.78 is 12.1. The van der Waals surface area contributed by atoms with Crippen molar-refractivity contribution in [3.8, 4) is 11.5 Å². The van der Waals surface area contributed by atoms with E-state index in [0.29, 0.717) is 18.1 Å². The molecule has 7 heteroatoms. The molecule has 21 heavy (non-hydrogen) atoms. The van der Waals surface area contributed by atoms with E-state index in [1.807, 2.05) is 16.9 Å². The number of aryl methyl sites for hydroxylation is 1. The highest BCUT2D eigenvalue weighted by Gasteiger charge is 2.14. The number of rotatable bonds is 6. The van der Waals surface area contributed by atoms with E-state index in [-0.39, 0.29) is 11.6 Å². The Balaban J connectivity index is 1.49. The van der Waals surface area contributed by atoms with Crippen LogP contribution in [0.5, 0.6) is 0 Å². The fraction of sp³-hybridized carbons (Fsp3) is 0.214. The zero-order valence-electron chi connectivity index (χ0n) is 11.2. The Labute approximate surface area is 120 Å². The van der Waals surface area contributed by atoms with Crippen molar-refractivity contribution in [3.05, 3.63) is 48.6 Å². The van der Waals surface area contributed by atoms with Crippen LogP contribution in [0.3, 0.4) is 0 Å². The summed E-state index contributed by atoms with van der Waals surface area (Å²) in [5.74, 6) is 0.707. The lowest BCUT2D eigenvalue weighted by Crippen LogP contribution is -2.25. The maximum Gasteiger partial charge on any atom is 0.273 e. The Hall–Kier alpha value is -2.83. The minimum Gasteiger partial charge on any atom is -0.461 e. The van der Waals surface area contributed by atoms with Gasteiger partial charge in [0.15, 0.2) is 11.5 Å². The molecule has 0 radical (unpaired) electrons. The van der Waals surface area contributed by atoms with Crippen molar-refractivity contribution >= 4 is 5.91 Å². The predicted octanol–water partition coefficient (Wildman–Crippen LogP) is 1.95. The predicted molar refractivity (Wildman–Crippen MR) is 73.4 cm³/mol. The van der Waals surface area contributed by atoms with Gasteiger partial charge in [-0.05, 0) is 24.6 Å². The molecular weight excluding hydrogens is 272 g/mol. The smallest absolute Gasteiger partial charge is 0.273 e. The number of nitrogens with one attached hydrogen (secondary N) is 1. The molecule has 0 spiro atoms. The highest BCUT2D eigenvalue weighted by molar-refractivity contribution is 5.92. The molecule has 0 saturated carbocycles. The lowest BCUT2D eigenvalue weighted by molar-refractivity contribution is 0.0943. The van der Waals surface area contributed by atoms with Crippen molar-refractivity contribution in [2.45, 2.75) is 13.0 Å². The normalized spacial score (nSPS) is 10.7. The van der Waals surface area contributed by atoms with E-state index in [2.05, 4.69) is 15.6 Å². The zero-order chi connectivity index (χ0) is 14.5. The van der Waals surface area contributed by atoms with Gasteiger partial charge >= 0.3 is 0 Å². The monoisotopic (exact) mass is 286 g/mol. The maximum absolute atomic E-state index is 11.9. The standard InChI is InChI=1S/C14H14N4O3/c19-14(15-5-2-7-18-8-3-6-16-18)11-10-13(21-17-11)12-4-1-9-20-12/h1,3-4,6,8-10H,2,5,7H2,(H,15,19). The topological polar surface area (TPSA) is 86.1 Å². The third-order valence-corrected chi connectivity index (χ3v) is 2.92. The van der Waals surface area contributed by atoms with Crippen molar-refractivity contribution < 1.29 is 13.7 Å². The van der Waals surface area contributed by atoms with Crippen LogP contribution in [0.25, 0.3) is 11.5 Å². The zero-order valence-corrected chi connectivity index (χ0v) is 11.2. The molecule has 0 saturated heterocycles. The van der Waals surface area contributed by atoms with Gasteiger partial charge in [0, 0.05) is 31.5 Å². The van der Waals surface area contributed by atoms with Crippen molar-refractivity contribution in [1.29, 1.82) is 0 Å². The first-order valence-electron chi connectivity index (χ1n) is 6.59. The van der Waals surface area contributed by atoms with E-state index >= 15 is 0 Å². The first-order valence-corrected chi connectivity index (χ1v) is 6.59. The Kier molecular flexibility index (Phi) is 3.81. The first kappa shape index (κ1) is 13.2. The molecular formula is C14H14N4O3. The Morgan fingerprint density at radius 3 is 3.05 bits per heavy atom. The van der Waals surface area contributed by atoms with Crippen LogP contribution >= 0.6 is 0 Å². The number of hydrogen-bond donors (Lipinski definition) is 1. The number of furan rings is 1. The quantitative estimate of drug-likeness (QED) is 0.700. The van der Waals surface area contributed by atoms with Crippen LogP contribution in [0, 0.1) is 0 Å². The van der Waals surface area contributed by atoms with E-state index in [9.17, 15) is 4.79 Å². The van der Waals surface area contributed by atoms with E-state index < -0.39 is 0 Å². The molecule has 0 atom stereocenters. The van der Waals surface area contributed by atoms with Gasteiger partial charge in [-0.3, -0.25) is 9.48 Å². The third kappa shape index (κ3) is 3.19. The van der Waals surface area contributed by atoms with Crippen LogP contribution in [-0.2, 0) is 6.54 Å². The number of nitrogens with zero attached hydrogens (tertiary/aromatic N) is 3. The molecule has 0 unspecified atom stereocenters. The summed E-state index contributed by atoms with van der Waals surface area (Å²) in [7, 11) is 0. The summed E-state index contributed by atoms with van der Waals surface area (Å²) in [6.45, 7) is 1.30. The molecule has 7 nitrogen and oxygen atoms in total. The SMILES string of the molecule is O=C(NCCCn1cccn1)c1cc(-c2ccco2)on1. The summed E-state index contributed by atoms with van der Waals surface area (Å²) in [4.78, 5) is 11.9. The summed E-state index contributed by atoms with van der Waals surface area (Å²) in [5.41, 5.74) is 0.237. The summed E-state index contributed by atoms with van der Waals surface area (Å²) in [6, 6.07) is 6.91. The number of amides is 1. The molecule has 0 aliphatic rings. The summed E-state index contributed by atoms with van der Waals surface area (Å²) in [5, 5.41) is 10.6. The van der Waals surface area contributed by atoms with Crippen LogP contribution < -0.4 is 5.32 Å². The van der Waals surface area contributed by atoms with Crippen LogP contribution in [0.4, 0.5) is 0 Å². The number of carbonyl (C=O) groups is 1. The van der Waals surface area contributed by atoms with Crippen LogP contribution in [0.2, 0.25) is 0 Å². The molecule has 1 amide bonds. The fourth-order valence-corrected chi connectivity index (χ4v) is 1.88. The van der Waals surface area contributed by atoms with Gasteiger partial charge in [-0.25, -0.2) is 0 Å². The second kappa shape index (κ2) is 6.08. The third-order valence-electron chi connectivity index (χ3n) is 2.92. The fourth-order valence-electron chi connectivity index (χ4n) is 1.88. The van der Waals surface area contributed by atoms with Gasteiger partial charge in [0.2, 0.25) is 5.76 Å². The maximum atomic E-state index is 11.9. The first-order chi connectivity index (χ1) is 10.3. The van der Waals surface area contributed by atoms with Crippen molar-refractivity contribution in [2.24, 2.45) is 0 Å². The average molecular weight is 286 g/mol. The Morgan fingerprint density at radius 1 is 1.33 bits per heavy atom. The van der Waals surface area contributed by atoms with Gasteiger partial charge in [0.25, 0.3) is 5.91 Å². The number of carbonyl (C=O) groups excluding carboxylic acids is 1. The minimum atomic E-state index is -0.267. The Bertz CT molecular complexity index is 686. The lowest BCUT2D eigenvalue weighted by Gasteiger charge is -2.03. The van der Waals surface area contributed by atoms with E-state index in [1.54, 1.807) is 24.4 Å². The number of hydrogen-bond acceptors (Lipinski definition) is 5. The van der Waals surface area contributed by atoms with E-state index in [1.165, 1.54) is 6.26 Å². The van der Waals surface area contributed by atoms with Crippen molar-refractivity contribution in [3.63, 3.8) is 0 Å². The summed E-state index contributed by atoms with van der Waals surface area (Å²) >= 11 is 0. The molecule has 0 bridgehead atoms. The molecule has 108 valence electrons. The highest BCUT2D eigenvalue weighted by atomic mass is 16.5. The molecule has 3 aromatic heterocycles. The van der Waals surface area contributed by atoms with Gasteiger partial charge in [-0.1, -0.05) is 5.16 Å². The lowest BCUT2D eigenvalue weighted by atomic mass is 10.3. The van der Waals surface area contributed by atoms with E-state index in [4.69, 9.17) is 8.94 Å². The molecule has 0 aliphatic heterocycles. The van der Waals surface area contributed by atoms with Gasteiger partial charge in [0.1, 0.15) is 0 Å². The number of aromatic nitrogens is 3. The van der Waals surface area contributed by atoms with Crippen LogP contribution in [0.15, 0.2) is 51.9 Å². The molecule has 0 fully saturated rings. The molecule has 3 heterocycles. The highest BCUT2D eigenvalue weighted by Crippen LogP contribution is 2.20. The molecule has 0 aromatic carbocycles. The second-order valence-corrected chi connectivity index (χ2v) is 4.43. The molecule has 0 aliphatic carbocycles. The summed E-state index contributed by atoms with van der Waals surface area (Å²) in [6.07, 6.45) is 5.93. The van der Waals surface area contributed by atoms with Crippen molar-refractivity contribution in [2.75, 3.05) is 6.54 Å². The van der Waals surface area contributed by atoms with Crippen molar-refractivity contribution in [1.82, 2.24) is 20.3 Å². The Morgan fingerprint density at radius 2 is 2.29 bits per heavy atom. The second-order valence-electron chi connectivity index (χ2n) is 4.43. The largest absolute Gasteiger partial charge is 0.461 e. The minimum absolute atomic E-state index is 0.237.